The molecule has 6 nitrogen and oxygen atoms in total. The minimum atomic E-state index is -0.192. The molecule has 22 heavy (non-hydrogen) atoms. The molecule has 3 rings (SSSR count). The second kappa shape index (κ2) is 6.27. The van der Waals surface area contributed by atoms with Crippen molar-refractivity contribution in [3.63, 3.8) is 0 Å². The van der Waals surface area contributed by atoms with Crippen LogP contribution in [0.25, 0.3) is 0 Å². The predicted molar refractivity (Wildman–Crippen MR) is 80.9 cm³/mol. The van der Waals surface area contributed by atoms with Gasteiger partial charge in [-0.15, -0.1) is 0 Å². The summed E-state index contributed by atoms with van der Waals surface area (Å²) in [6.45, 7) is 2.21. The van der Waals surface area contributed by atoms with Crippen LogP contribution in [-0.4, -0.2) is 52.8 Å². The Hall–Kier alpha value is -2.21. The number of amides is 2. The fourth-order valence-electron chi connectivity index (χ4n) is 2.55. The third kappa shape index (κ3) is 3.01. The maximum Gasteiger partial charge on any atom is 0.289 e. The predicted octanol–water partition coefficient (Wildman–Crippen LogP) is 2.25. The highest BCUT2D eigenvalue weighted by atomic mass is 35.5. The molecule has 0 aliphatic carbocycles. The van der Waals surface area contributed by atoms with Crippen LogP contribution in [0, 0.1) is 0 Å². The van der Waals surface area contributed by atoms with E-state index >= 15 is 0 Å². The molecule has 0 unspecified atom stereocenters. The van der Waals surface area contributed by atoms with Gasteiger partial charge in [-0.25, -0.2) is 0 Å². The number of nitrogens with one attached hydrogen (secondary N) is 1. The summed E-state index contributed by atoms with van der Waals surface area (Å²) in [6.07, 6.45) is 4.14. The van der Waals surface area contributed by atoms with Crippen molar-refractivity contribution in [1.82, 2.24) is 14.8 Å². The molecule has 0 aromatic carbocycles. The van der Waals surface area contributed by atoms with Gasteiger partial charge in [0.1, 0.15) is 0 Å². The molecule has 116 valence electrons. The summed E-state index contributed by atoms with van der Waals surface area (Å²) in [5, 5.41) is 0.197. The summed E-state index contributed by atoms with van der Waals surface area (Å²) >= 11 is 5.70. The number of H-pyrrole nitrogens is 1. The van der Waals surface area contributed by atoms with Crippen molar-refractivity contribution >= 4 is 23.4 Å². The highest BCUT2D eigenvalue weighted by molar-refractivity contribution is 6.29. The number of furan rings is 1. The monoisotopic (exact) mass is 321 g/mol. The molecule has 2 amide bonds. The van der Waals surface area contributed by atoms with Gasteiger partial charge in [0.25, 0.3) is 11.8 Å². The Labute approximate surface area is 132 Å². The van der Waals surface area contributed by atoms with E-state index in [-0.39, 0.29) is 22.8 Å². The Bertz CT molecular complexity index is 665. The minimum absolute atomic E-state index is 0.0170. The normalized spacial score (nSPS) is 15.7. The van der Waals surface area contributed by atoms with Gasteiger partial charge in [-0.3, -0.25) is 9.59 Å². The van der Waals surface area contributed by atoms with Gasteiger partial charge in [-0.1, -0.05) is 0 Å². The zero-order valence-electron chi connectivity index (χ0n) is 11.9. The molecule has 0 spiro atoms. The molecule has 7 heteroatoms. The lowest BCUT2D eigenvalue weighted by atomic mass is 10.3. The molecular weight excluding hydrogens is 306 g/mol. The first-order valence-electron chi connectivity index (χ1n) is 7.12. The second-order valence-electron chi connectivity index (χ2n) is 5.14. The first-order chi connectivity index (χ1) is 10.6. The average Bonchev–Trinajstić information content (AvgIpc) is 3.13. The van der Waals surface area contributed by atoms with Gasteiger partial charge in [-0.05, 0) is 36.2 Å². The summed E-state index contributed by atoms with van der Waals surface area (Å²) in [6, 6.07) is 4.87. The largest absolute Gasteiger partial charge is 0.440 e. The number of halogens is 1. The van der Waals surface area contributed by atoms with Crippen LogP contribution in [0.3, 0.4) is 0 Å². The molecule has 1 aliphatic rings. The molecule has 1 aliphatic heterocycles. The Kier molecular flexibility index (Phi) is 4.20. The van der Waals surface area contributed by atoms with Crippen molar-refractivity contribution in [2.24, 2.45) is 0 Å². The summed E-state index contributed by atoms with van der Waals surface area (Å²) in [7, 11) is 0. The first kappa shape index (κ1) is 14.7. The molecule has 0 radical (unpaired) electrons. The number of rotatable bonds is 2. The number of aromatic amines is 1. The van der Waals surface area contributed by atoms with Crippen LogP contribution in [0.15, 0.2) is 35.0 Å². The van der Waals surface area contributed by atoms with Crippen LogP contribution in [0.1, 0.15) is 27.3 Å². The van der Waals surface area contributed by atoms with Crippen molar-refractivity contribution in [1.29, 1.82) is 0 Å². The van der Waals surface area contributed by atoms with Crippen molar-refractivity contribution in [2.75, 3.05) is 26.2 Å². The van der Waals surface area contributed by atoms with E-state index in [9.17, 15) is 9.59 Å². The number of carbonyl (C=O) groups excluding carboxylic acids is 2. The number of nitrogens with zero attached hydrogens (tertiary/aromatic N) is 2. The lowest BCUT2D eigenvalue weighted by Gasteiger charge is -2.21. The van der Waals surface area contributed by atoms with Crippen LogP contribution in [0.2, 0.25) is 5.22 Å². The molecular formula is C15H16ClN3O3. The van der Waals surface area contributed by atoms with Crippen molar-refractivity contribution in [3.05, 3.63) is 47.1 Å². The summed E-state index contributed by atoms with van der Waals surface area (Å²) in [5.74, 6) is 0.0230. The van der Waals surface area contributed by atoms with Crippen LogP contribution in [0.5, 0.6) is 0 Å². The van der Waals surface area contributed by atoms with Gasteiger partial charge in [-0.2, -0.15) is 0 Å². The quantitative estimate of drug-likeness (QED) is 0.922. The fourth-order valence-corrected chi connectivity index (χ4v) is 2.69. The van der Waals surface area contributed by atoms with Crippen LogP contribution >= 0.6 is 11.6 Å². The van der Waals surface area contributed by atoms with Gasteiger partial charge in [0.15, 0.2) is 11.0 Å². The molecule has 1 N–H and O–H groups in total. The molecule has 3 heterocycles. The van der Waals surface area contributed by atoms with Crippen LogP contribution < -0.4 is 0 Å². The molecule has 1 saturated heterocycles. The molecule has 0 saturated carbocycles. The van der Waals surface area contributed by atoms with E-state index in [4.69, 9.17) is 16.0 Å². The Morgan fingerprint density at radius 1 is 1.05 bits per heavy atom. The summed E-state index contributed by atoms with van der Waals surface area (Å²) in [5.41, 5.74) is 0.637. The highest BCUT2D eigenvalue weighted by Crippen LogP contribution is 2.16. The maximum absolute atomic E-state index is 12.3. The van der Waals surface area contributed by atoms with E-state index in [0.29, 0.717) is 31.7 Å². The molecule has 0 bridgehead atoms. The van der Waals surface area contributed by atoms with E-state index in [1.807, 2.05) is 0 Å². The molecule has 2 aromatic rings. The van der Waals surface area contributed by atoms with Gasteiger partial charge in [0, 0.05) is 38.6 Å². The van der Waals surface area contributed by atoms with E-state index in [2.05, 4.69) is 4.98 Å². The number of aromatic nitrogens is 1. The average molecular weight is 322 g/mol. The highest BCUT2D eigenvalue weighted by Gasteiger charge is 2.25. The van der Waals surface area contributed by atoms with E-state index in [1.54, 1.807) is 40.4 Å². The molecule has 0 atom stereocenters. The Morgan fingerprint density at radius 3 is 2.36 bits per heavy atom. The van der Waals surface area contributed by atoms with E-state index in [1.165, 1.54) is 0 Å². The zero-order valence-corrected chi connectivity index (χ0v) is 12.7. The standard InChI is InChI=1S/C15H16ClN3O3/c16-13-3-2-12(22-13)15(21)19-7-1-6-18(8-9-19)14(20)11-4-5-17-10-11/h2-5,10,17H,1,6-9H2. The number of hydrogen-bond acceptors (Lipinski definition) is 3. The van der Waals surface area contributed by atoms with Crippen LogP contribution in [-0.2, 0) is 0 Å². The molecule has 2 aromatic heterocycles. The third-order valence-electron chi connectivity index (χ3n) is 3.70. The summed E-state index contributed by atoms with van der Waals surface area (Å²) < 4.78 is 5.16. The number of carbonyl (C=O) groups is 2. The van der Waals surface area contributed by atoms with Crippen molar-refractivity contribution in [3.8, 4) is 0 Å². The van der Waals surface area contributed by atoms with E-state index in [0.717, 1.165) is 6.42 Å². The lowest BCUT2D eigenvalue weighted by molar-refractivity contribution is 0.0700. The van der Waals surface area contributed by atoms with Crippen molar-refractivity contribution in [2.45, 2.75) is 6.42 Å². The minimum Gasteiger partial charge on any atom is -0.440 e. The molecule has 1 fully saturated rings. The summed E-state index contributed by atoms with van der Waals surface area (Å²) in [4.78, 5) is 31.0. The third-order valence-corrected chi connectivity index (χ3v) is 3.90. The maximum atomic E-state index is 12.3. The Morgan fingerprint density at radius 2 is 1.77 bits per heavy atom. The van der Waals surface area contributed by atoms with Gasteiger partial charge in [0.2, 0.25) is 0 Å². The fraction of sp³-hybridized carbons (Fsp3) is 0.333. The SMILES string of the molecule is O=C(c1cc[nH]c1)N1CCCN(C(=O)c2ccc(Cl)o2)CC1. The zero-order chi connectivity index (χ0) is 15.5. The van der Waals surface area contributed by atoms with Gasteiger partial charge < -0.3 is 19.2 Å². The Balaban J connectivity index is 1.65. The second-order valence-corrected chi connectivity index (χ2v) is 5.51. The lowest BCUT2D eigenvalue weighted by Crippen LogP contribution is -2.37. The van der Waals surface area contributed by atoms with Gasteiger partial charge in [0.05, 0.1) is 5.56 Å². The van der Waals surface area contributed by atoms with Gasteiger partial charge >= 0.3 is 0 Å². The number of hydrogen-bond donors (Lipinski definition) is 1. The van der Waals surface area contributed by atoms with Crippen molar-refractivity contribution < 1.29 is 14.0 Å². The smallest absolute Gasteiger partial charge is 0.289 e. The first-order valence-corrected chi connectivity index (χ1v) is 7.49. The van der Waals surface area contributed by atoms with Crippen LogP contribution in [0.4, 0.5) is 0 Å². The van der Waals surface area contributed by atoms with E-state index < -0.39 is 0 Å². The topological polar surface area (TPSA) is 69.6 Å².